The molecular formula is C20H25N3O4S. The highest BCUT2D eigenvalue weighted by molar-refractivity contribution is 7.92. The summed E-state index contributed by atoms with van der Waals surface area (Å²) < 4.78 is 31.2. The zero-order valence-electron chi connectivity index (χ0n) is 16.0. The lowest BCUT2D eigenvalue weighted by atomic mass is 9.88. The van der Waals surface area contributed by atoms with E-state index in [-0.39, 0.29) is 22.8 Å². The number of nitrogens with zero attached hydrogens (tertiary/aromatic N) is 2. The van der Waals surface area contributed by atoms with Crippen LogP contribution in [-0.2, 0) is 14.6 Å². The smallest absolute Gasteiger partial charge is 0.228 e. The zero-order valence-corrected chi connectivity index (χ0v) is 16.9. The minimum Gasteiger partial charge on any atom is -0.489 e. The number of amides is 1. The van der Waals surface area contributed by atoms with Crippen molar-refractivity contribution in [2.75, 3.05) is 5.32 Å². The van der Waals surface area contributed by atoms with Gasteiger partial charge in [0.15, 0.2) is 9.84 Å². The van der Waals surface area contributed by atoms with Crippen molar-refractivity contribution >= 4 is 21.6 Å². The molecule has 2 aromatic heterocycles. The first-order valence-corrected chi connectivity index (χ1v) is 11.0. The second kappa shape index (κ2) is 8.68. The minimum atomic E-state index is -3.47. The molecule has 0 aliphatic heterocycles. The van der Waals surface area contributed by atoms with Gasteiger partial charge in [-0.15, -0.1) is 0 Å². The Bertz CT molecular complexity index is 899. The second-order valence-corrected chi connectivity index (χ2v) is 9.48. The molecule has 1 aliphatic carbocycles. The quantitative estimate of drug-likeness (QED) is 0.795. The molecule has 2 heterocycles. The molecule has 0 bridgehead atoms. The monoisotopic (exact) mass is 403 g/mol. The van der Waals surface area contributed by atoms with E-state index in [0.29, 0.717) is 37.3 Å². The average molecular weight is 404 g/mol. The van der Waals surface area contributed by atoms with Gasteiger partial charge in [-0.25, -0.2) is 13.4 Å². The van der Waals surface area contributed by atoms with Crippen LogP contribution in [-0.4, -0.2) is 35.6 Å². The highest BCUT2D eigenvalue weighted by atomic mass is 32.2. The van der Waals surface area contributed by atoms with E-state index in [1.165, 1.54) is 24.5 Å². The van der Waals surface area contributed by atoms with Gasteiger partial charge in [-0.1, -0.05) is 6.42 Å². The van der Waals surface area contributed by atoms with Crippen molar-refractivity contribution < 1.29 is 17.9 Å². The predicted octanol–water partition coefficient (Wildman–Crippen LogP) is 3.24. The molecule has 150 valence electrons. The maximum absolute atomic E-state index is 12.9. The van der Waals surface area contributed by atoms with Crippen LogP contribution in [0.2, 0.25) is 0 Å². The second-order valence-electron chi connectivity index (χ2n) is 7.25. The SMILES string of the molecule is CC(C)Oc1ccc(NC(=O)C2CCCC(S(=O)(=O)c3ccncc3)C2)nc1. The fraction of sp³-hybridized carbons (Fsp3) is 0.450. The molecule has 28 heavy (non-hydrogen) atoms. The molecule has 8 heteroatoms. The average Bonchev–Trinajstić information content (AvgIpc) is 2.70. The highest BCUT2D eigenvalue weighted by Gasteiger charge is 2.35. The normalized spacial score (nSPS) is 20.0. The van der Waals surface area contributed by atoms with Gasteiger partial charge in [0.05, 0.1) is 22.4 Å². The Morgan fingerprint density at radius 1 is 1.18 bits per heavy atom. The third-order valence-electron chi connectivity index (χ3n) is 4.77. The van der Waals surface area contributed by atoms with Crippen LogP contribution in [0.15, 0.2) is 47.8 Å². The number of anilines is 1. The van der Waals surface area contributed by atoms with Crippen molar-refractivity contribution in [2.24, 2.45) is 5.92 Å². The molecule has 0 saturated heterocycles. The third-order valence-corrected chi connectivity index (χ3v) is 7.01. The summed E-state index contributed by atoms with van der Waals surface area (Å²) in [5.41, 5.74) is 0. The summed E-state index contributed by atoms with van der Waals surface area (Å²) in [4.78, 5) is 21.0. The Morgan fingerprint density at radius 3 is 2.57 bits per heavy atom. The van der Waals surface area contributed by atoms with Crippen LogP contribution in [0, 0.1) is 5.92 Å². The lowest BCUT2D eigenvalue weighted by Gasteiger charge is -2.28. The molecule has 1 amide bonds. The minimum absolute atomic E-state index is 0.0451. The third kappa shape index (κ3) is 4.86. The topological polar surface area (TPSA) is 98.2 Å². The van der Waals surface area contributed by atoms with Gasteiger partial charge < -0.3 is 10.1 Å². The first kappa shape index (κ1) is 20.3. The maximum atomic E-state index is 12.9. The summed E-state index contributed by atoms with van der Waals surface area (Å²) in [6, 6.07) is 6.44. The van der Waals surface area contributed by atoms with E-state index in [1.54, 1.807) is 18.3 Å². The van der Waals surface area contributed by atoms with Crippen LogP contribution in [0.25, 0.3) is 0 Å². The number of carbonyl (C=O) groups excluding carboxylic acids is 1. The lowest BCUT2D eigenvalue weighted by Crippen LogP contribution is -2.34. The van der Waals surface area contributed by atoms with Crippen molar-refractivity contribution in [1.82, 2.24) is 9.97 Å². The van der Waals surface area contributed by atoms with Gasteiger partial charge in [-0.2, -0.15) is 0 Å². The van der Waals surface area contributed by atoms with Crippen molar-refractivity contribution in [3.05, 3.63) is 42.9 Å². The van der Waals surface area contributed by atoms with Crippen LogP contribution in [0.1, 0.15) is 39.5 Å². The molecule has 2 unspecified atom stereocenters. The first-order valence-electron chi connectivity index (χ1n) is 9.44. The molecule has 2 aromatic rings. The van der Waals surface area contributed by atoms with Crippen LogP contribution < -0.4 is 10.1 Å². The van der Waals surface area contributed by atoms with E-state index in [4.69, 9.17) is 4.74 Å². The summed E-state index contributed by atoms with van der Waals surface area (Å²) in [5.74, 6) is 0.512. The molecule has 1 saturated carbocycles. The van der Waals surface area contributed by atoms with Crippen LogP contribution >= 0.6 is 0 Å². The van der Waals surface area contributed by atoms with E-state index in [9.17, 15) is 13.2 Å². The molecule has 0 aromatic carbocycles. The molecule has 1 aliphatic rings. The number of pyridine rings is 2. The molecule has 3 rings (SSSR count). The predicted molar refractivity (Wildman–Crippen MR) is 106 cm³/mol. The Hall–Kier alpha value is -2.48. The number of nitrogens with one attached hydrogen (secondary N) is 1. The van der Waals surface area contributed by atoms with Crippen molar-refractivity contribution in [1.29, 1.82) is 0 Å². The van der Waals surface area contributed by atoms with Gasteiger partial charge in [-0.3, -0.25) is 9.78 Å². The number of hydrogen-bond acceptors (Lipinski definition) is 6. The Morgan fingerprint density at radius 2 is 1.93 bits per heavy atom. The van der Waals surface area contributed by atoms with Crippen molar-refractivity contribution in [3.63, 3.8) is 0 Å². The van der Waals surface area contributed by atoms with E-state index >= 15 is 0 Å². The van der Waals surface area contributed by atoms with Crippen molar-refractivity contribution in [2.45, 2.75) is 55.8 Å². The number of aromatic nitrogens is 2. The Labute approximate surface area is 165 Å². The largest absolute Gasteiger partial charge is 0.489 e. The first-order chi connectivity index (χ1) is 13.4. The van der Waals surface area contributed by atoms with Crippen molar-refractivity contribution in [3.8, 4) is 5.75 Å². The summed E-state index contributed by atoms with van der Waals surface area (Å²) in [7, 11) is -3.47. The fourth-order valence-electron chi connectivity index (χ4n) is 3.41. The lowest BCUT2D eigenvalue weighted by molar-refractivity contribution is -0.120. The van der Waals surface area contributed by atoms with Crippen LogP contribution in [0.4, 0.5) is 5.82 Å². The molecular weight excluding hydrogens is 378 g/mol. The van der Waals surface area contributed by atoms with Gasteiger partial charge in [0.1, 0.15) is 11.6 Å². The summed E-state index contributed by atoms with van der Waals surface area (Å²) in [6.45, 7) is 3.85. The molecule has 1 fully saturated rings. The number of ether oxygens (including phenoxy) is 1. The molecule has 0 spiro atoms. The summed E-state index contributed by atoms with van der Waals surface area (Å²) >= 11 is 0. The number of carbonyl (C=O) groups is 1. The van der Waals surface area contributed by atoms with Crippen LogP contribution in [0.5, 0.6) is 5.75 Å². The summed E-state index contributed by atoms with van der Waals surface area (Å²) in [5, 5.41) is 2.23. The maximum Gasteiger partial charge on any atom is 0.228 e. The number of hydrogen-bond donors (Lipinski definition) is 1. The van der Waals surface area contributed by atoms with Gasteiger partial charge >= 0.3 is 0 Å². The number of sulfone groups is 1. The van der Waals surface area contributed by atoms with E-state index < -0.39 is 15.1 Å². The van der Waals surface area contributed by atoms with Gasteiger partial charge in [0.25, 0.3) is 0 Å². The summed E-state index contributed by atoms with van der Waals surface area (Å²) in [6.07, 6.45) is 6.79. The van der Waals surface area contributed by atoms with Gasteiger partial charge in [0.2, 0.25) is 5.91 Å². The van der Waals surface area contributed by atoms with Gasteiger partial charge in [-0.05, 0) is 57.4 Å². The van der Waals surface area contributed by atoms with E-state index in [1.807, 2.05) is 13.8 Å². The molecule has 2 atom stereocenters. The zero-order chi connectivity index (χ0) is 20.1. The Balaban J connectivity index is 1.64. The Kier molecular flexibility index (Phi) is 6.28. The number of rotatable bonds is 6. The molecule has 1 N–H and O–H groups in total. The highest BCUT2D eigenvalue weighted by Crippen LogP contribution is 2.32. The van der Waals surface area contributed by atoms with E-state index in [2.05, 4.69) is 15.3 Å². The van der Waals surface area contributed by atoms with Crippen LogP contribution in [0.3, 0.4) is 0 Å². The van der Waals surface area contributed by atoms with E-state index in [0.717, 1.165) is 0 Å². The standard InChI is InChI=1S/C20H25N3O4S/c1-14(2)27-16-6-7-19(22-13-16)23-20(24)15-4-3-5-18(12-15)28(25,26)17-8-10-21-11-9-17/h6-11,13-15,18H,3-5,12H2,1-2H3,(H,22,23,24). The molecule has 0 radical (unpaired) electrons. The fourth-order valence-corrected chi connectivity index (χ4v) is 5.26. The molecule has 7 nitrogen and oxygen atoms in total. The van der Waals surface area contributed by atoms with Gasteiger partial charge in [0, 0.05) is 18.3 Å².